The minimum atomic E-state index is 0.0893. The number of para-hydroxylation sites is 1. The average Bonchev–Trinajstić information content (AvgIpc) is 3.60. The molecule has 266 valence electrons. The summed E-state index contributed by atoms with van der Waals surface area (Å²) in [6, 6.07) is 53.7. The highest BCUT2D eigenvalue weighted by Crippen LogP contribution is 2.47. The highest BCUT2D eigenvalue weighted by Gasteiger charge is 2.37. The molecule has 4 nitrogen and oxygen atoms in total. The van der Waals surface area contributed by atoms with Gasteiger partial charge in [-0.1, -0.05) is 137 Å². The van der Waals surface area contributed by atoms with E-state index in [2.05, 4.69) is 131 Å². The summed E-state index contributed by atoms with van der Waals surface area (Å²) in [4.78, 5) is 15.6. The Balaban J connectivity index is 1.21. The van der Waals surface area contributed by atoms with Crippen molar-refractivity contribution in [3.63, 3.8) is 0 Å². The second-order valence-electron chi connectivity index (χ2n) is 16.3. The smallest absolute Gasteiger partial charge is 0.164 e. The van der Waals surface area contributed by atoms with E-state index in [0.717, 1.165) is 56.2 Å². The molecule has 1 aliphatic rings. The Hall–Kier alpha value is -6.39. The molecule has 0 saturated heterocycles. The lowest BCUT2D eigenvalue weighted by molar-refractivity contribution is 0.332. The van der Waals surface area contributed by atoms with Crippen LogP contribution in [0.15, 0.2) is 156 Å². The van der Waals surface area contributed by atoms with Crippen LogP contribution in [0.2, 0.25) is 0 Å². The highest BCUT2D eigenvalue weighted by atomic mass is 16.3. The molecule has 1 aliphatic carbocycles. The van der Waals surface area contributed by atoms with Gasteiger partial charge >= 0.3 is 0 Å². The summed E-state index contributed by atoms with van der Waals surface area (Å²) in [5.41, 5.74) is 12.2. The summed E-state index contributed by atoms with van der Waals surface area (Å²) in [6.07, 6.45) is 2.34. The zero-order valence-electron chi connectivity index (χ0n) is 31.6. The number of benzene rings is 7. The summed E-state index contributed by atoms with van der Waals surface area (Å²) >= 11 is 0. The Morgan fingerprint density at radius 2 is 1.00 bits per heavy atom. The number of rotatable bonds is 5. The van der Waals surface area contributed by atoms with Crippen LogP contribution in [0.4, 0.5) is 0 Å². The maximum absolute atomic E-state index is 6.18. The third-order valence-electron chi connectivity index (χ3n) is 11.8. The molecule has 2 heterocycles. The molecule has 0 saturated carbocycles. The van der Waals surface area contributed by atoms with E-state index in [0.29, 0.717) is 17.5 Å². The predicted octanol–water partition coefficient (Wildman–Crippen LogP) is 13.6. The normalized spacial score (nSPS) is 14.7. The molecular weight excluding hydrogens is 671 g/mol. The van der Waals surface area contributed by atoms with Gasteiger partial charge < -0.3 is 4.42 Å². The SMILES string of the molecule is CC1(C)CCC(C)(C)c2cc(-c3cc(-c4nc(-c5ccccc5)nc(-c5ccc6oc7ccccc7c6c5)n4)cc(-c4cccc5ccccc45)c3)ccc21. The summed E-state index contributed by atoms with van der Waals surface area (Å²) in [7, 11) is 0. The molecule has 0 spiro atoms. The van der Waals surface area contributed by atoms with Crippen LogP contribution in [0.1, 0.15) is 51.7 Å². The maximum atomic E-state index is 6.18. The molecule has 4 heteroatoms. The molecule has 0 unspecified atom stereocenters. The number of aromatic nitrogens is 3. The van der Waals surface area contributed by atoms with Crippen molar-refractivity contribution in [1.82, 2.24) is 15.0 Å². The van der Waals surface area contributed by atoms with E-state index < -0.39 is 0 Å². The molecule has 0 radical (unpaired) electrons. The Morgan fingerprint density at radius 3 is 1.82 bits per heavy atom. The van der Waals surface area contributed by atoms with Gasteiger partial charge in [-0.3, -0.25) is 0 Å². The molecule has 7 aromatic carbocycles. The van der Waals surface area contributed by atoms with Crippen molar-refractivity contribution in [2.75, 3.05) is 0 Å². The fraction of sp³-hybridized carbons (Fsp3) is 0.157. The van der Waals surface area contributed by atoms with Gasteiger partial charge in [0.25, 0.3) is 0 Å². The van der Waals surface area contributed by atoms with Gasteiger partial charge in [-0.15, -0.1) is 0 Å². The summed E-state index contributed by atoms with van der Waals surface area (Å²) < 4.78 is 6.18. The standard InChI is InChI=1S/C51H41N3O/c1-50(2)25-26-51(3,4)44-31-34(21-23-43(44)50)36-27-37(40-19-12-16-32-13-8-9-17-39(32)40)29-38(28-36)49-53-47(33-14-6-5-7-15-33)52-48(54-49)35-22-24-46-42(30-35)41-18-10-11-20-45(41)55-46/h5-24,27-31H,25-26H2,1-4H3. The van der Waals surface area contributed by atoms with E-state index >= 15 is 0 Å². The molecule has 0 fully saturated rings. The van der Waals surface area contributed by atoms with Crippen LogP contribution in [0.3, 0.4) is 0 Å². The largest absolute Gasteiger partial charge is 0.456 e. The van der Waals surface area contributed by atoms with E-state index in [4.69, 9.17) is 19.4 Å². The number of furan rings is 1. The summed E-state index contributed by atoms with van der Waals surface area (Å²) in [6.45, 7) is 9.55. The fourth-order valence-electron chi connectivity index (χ4n) is 8.54. The number of nitrogens with zero attached hydrogens (tertiary/aromatic N) is 3. The first-order valence-electron chi connectivity index (χ1n) is 19.2. The maximum Gasteiger partial charge on any atom is 0.164 e. The van der Waals surface area contributed by atoms with Crippen molar-refractivity contribution in [3.05, 3.63) is 163 Å². The fourth-order valence-corrected chi connectivity index (χ4v) is 8.54. The third kappa shape index (κ3) is 5.81. The van der Waals surface area contributed by atoms with Crippen LogP contribution in [0, 0.1) is 0 Å². The van der Waals surface area contributed by atoms with Crippen molar-refractivity contribution >= 4 is 32.7 Å². The Morgan fingerprint density at radius 1 is 0.400 bits per heavy atom. The molecule has 9 aromatic rings. The van der Waals surface area contributed by atoms with Crippen LogP contribution >= 0.6 is 0 Å². The van der Waals surface area contributed by atoms with E-state index in [1.807, 2.05) is 48.5 Å². The minimum absolute atomic E-state index is 0.0893. The molecular formula is C51H41N3O. The van der Waals surface area contributed by atoms with Crippen molar-refractivity contribution < 1.29 is 4.42 Å². The van der Waals surface area contributed by atoms with Gasteiger partial charge in [-0.05, 0) is 110 Å². The lowest BCUT2D eigenvalue weighted by Crippen LogP contribution is -2.33. The van der Waals surface area contributed by atoms with Crippen LogP contribution in [-0.2, 0) is 10.8 Å². The molecule has 0 amide bonds. The van der Waals surface area contributed by atoms with Crippen molar-refractivity contribution in [2.45, 2.75) is 51.4 Å². The first-order chi connectivity index (χ1) is 26.7. The second-order valence-corrected chi connectivity index (χ2v) is 16.3. The van der Waals surface area contributed by atoms with Crippen molar-refractivity contribution in [2.24, 2.45) is 0 Å². The van der Waals surface area contributed by atoms with Gasteiger partial charge in [-0.2, -0.15) is 0 Å². The Bertz CT molecular complexity index is 2930. The van der Waals surface area contributed by atoms with Crippen LogP contribution in [-0.4, -0.2) is 15.0 Å². The summed E-state index contributed by atoms with van der Waals surface area (Å²) in [5, 5.41) is 4.53. The predicted molar refractivity (Wildman–Crippen MR) is 227 cm³/mol. The number of hydrogen-bond donors (Lipinski definition) is 0. The van der Waals surface area contributed by atoms with E-state index in [-0.39, 0.29) is 10.8 Å². The van der Waals surface area contributed by atoms with Gasteiger partial charge in [0.2, 0.25) is 0 Å². The van der Waals surface area contributed by atoms with Crippen molar-refractivity contribution in [1.29, 1.82) is 0 Å². The Kier molecular flexibility index (Phi) is 7.60. The van der Waals surface area contributed by atoms with Crippen molar-refractivity contribution in [3.8, 4) is 56.4 Å². The molecule has 0 atom stereocenters. The topological polar surface area (TPSA) is 51.8 Å². The van der Waals surface area contributed by atoms with Crippen LogP contribution < -0.4 is 0 Å². The van der Waals surface area contributed by atoms with Crippen LogP contribution in [0.5, 0.6) is 0 Å². The first-order valence-corrected chi connectivity index (χ1v) is 19.2. The van der Waals surface area contributed by atoms with Crippen LogP contribution in [0.25, 0.3) is 89.1 Å². The molecule has 0 bridgehead atoms. The molecule has 2 aromatic heterocycles. The molecule has 0 N–H and O–H groups in total. The number of fused-ring (bicyclic) bond motifs is 5. The van der Waals surface area contributed by atoms with Gasteiger partial charge in [0, 0.05) is 27.5 Å². The van der Waals surface area contributed by atoms with Gasteiger partial charge in [0.15, 0.2) is 17.5 Å². The zero-order chi connectivity index (χ0) is 37.3. The first kappa shape index (κ1) is 33.2. The van der Waals surface area contributed by atoms with E-state index in [1.165, 1.54) is 39.4 Å². The minimum Gasteiger partial charge on any atom is -0.456 e. The van der Waals surface area contributed by atoms with E-state index in [1.54, 1.807) is 0 Å². The van der Waals surface area contributed by atoms with E-state index in [9.17, 15) is 0 Å². The van der Waals surface area contributed by atoms with Gasteiger partial charge in [0.05, 0.1) is 0 Å². The highest BCUT2D eigenvalue weighted by molar-refractivity contribution is 6.06. The lowest BCUT2D eigenvalue weighted by atomic mass is 9.63. The zero-order valence-corrected chi connectivity index (χ0v) is 31.6. The quantitative estimate of drug-likeness (QED) is 0.178. The van der Waals surface area contributed by atoms with Gasteiger partial charge in [0.1, 0.15) is 11.2 Å². The van der Waals surface area contributed by atoms with Gasteiger partial charge in [-0.25, -0.2) is 15.0 Å². The molecule has 55 heavy (non-hydrogen) atoms. The number of hydrogen-bond acceptors (Lipinski definition) is 4. The second kappa shape index (κ2) is 12.6. The summed E-state index contributed by atoms with van der Waals surface area (Å²) in [5.74, 6) is 1.88. The monoisotopic (exact) mass is 711 g/mol. The molecule has 0 aliphatic heterocycles. The molecule has 10 rings (SSSR count). The Labute approximate surface area is 321 Å². The third-order valence-corrected chi connectivity index (χ3v) is 11.8. The average molecular weight is 712 g/mol. The lowest BCUT2D eigenvalue weighted by Gasteiger charge is -2.42.